The van der Waals surface area contributed by atoms with Gasteiger partial charge in [-0.15, -0.1) is 0 Å². The molecule has 0 heterocycles. The molecule has 0 spiro atoms. The van der Waals surface area contributed by atoms with Gasteiger partial charge in [-0.1, -0.05) is 43.9 Å². The van der Waals surface area contributed by atoms with Gasteiger partial charge in [0.25, 0.3) is 0 Å². The molecule has 1 saturated carbocycles. The Morgan fingerprint density at radius 1 is 1.14 bits per heavy atom. The minimum absolute atomic E-state index is 0.00894. The average Bonchev–Trinajstić information content (AvgIpc) is 2.49. The van der Waals surface area contributed by atoms with Gasteiger partial charge in [-0.25, -0.2) is 4.79 Å². The second kappa shape index (κ2) is 9.11. The lowest BCUT2D eigenvalue weighted by Crippen LogP contribution is -2.28. The standard InChI is InChI=1S/C18H24O3/c1-4-5-6-7-8-15-13-14(2)9-10-16(15)17(19)11-12-18(20)21-3/h4-8,11-12,14-16H,1,9-10,13H2,2-3H3/b6-5+,8-7+,12-11+/t14-,15-,16-/m1/s1. The maximum atomic E-state index is 12.3. The van der Waals surface area contributed by atoms with Crippen LogP contribution in [0.3, 0.4) is 0 Å². The lowest BCUT2D eigenvalue weighted by molar-refractivity contribution is -0.135. The summed E-state index contributed by atoms with van der Waals surface area (Å²) in [6.45, 7) is 5.84. The maximum absolute atomic E-state index is 12.3. The highest BCUT2D eigenvalue weighted by Gasteiger charge is 2.30. The van der Waals surface area contributed by atoms with E-state index in [0.717, 1.165) is 19.3 Å². The smallest absolute Gasteiger partial charge is 0.330 e. The molecule has 1 fully saturated rings. The topological polar surface area (TPSA) is 43.4 Å². The van der Waals surface area contributed by atoms with Crippen LogP contribution in [-0.4, -0.2) is 18.9 Å². The third kappa shape index (κ3) is 5.94. The van der Waals surface area contributed by atoms with Crippen molar-refractivity contribution in [2.75, 3.05) is 7.11 Å². The van der Waals surface area contributed by atoms with Crippen molar-refractivity contribution in [1.29, 1.82) is 0 Å². The van der Waals surface area contributed by atoms with Crippen LogP contribution in [0.1, 0.15) is 26.2 Å². The van der Waals surface area contributed by atoms with Crippen molar-refractivity contribution in [2.24, 2.45) is 17.8 Å². The molecule has 0 aromatic rings. The van der Waals surface area contributed by atoms with Gasteiger partial charge in [0, 0.05) is 12.0 Å². The molecule has 0 aromatic carbocycles. The van der Waals surface area contributed by atoms with Gasteiger partial charge in [0.2, 0.25) is 0 Å². The minimum atomic E-state index is -0.492. The number of hydrogen-bond acceptors (Lipinski definition) is 3. The number of carbonyl (C=O) groups is 2. The van der Waals surface area contributed by atoms with Crippen LogP contribution in [-0.2, 0) is 14.3 Å². The molecule has 3 atom stereocenters. The summed E-state index contributed by atoms with van der Waals surface area (Å²) in [6.07, 6.45) is 15.0. The summed E-state index contributed by atoms with van der Waals surface area (Å²) in [5.74, 6) is 0.313. The van der Waals surface area contributed by atoms with E-state index in [1.165, 1.54) is 19.3 Å². The normalized spacial score (nSPS) is 26.5. The fraction of sp³-hybridized carbons (Fsp3) is 0.444. The van der Waals surface area contributed by atoms with E-state index in [9.17, 15) is 9.59 Å². The van der Waals surface area contributed by atoms with Crippen molar-refractivity contribution in [3.05, 3.63) is 49.1 Å². The van der Waals surface area contributed by atoms with Crippen molar-refractivity contribution in [3.63, 3.8) is 0 Å². The highest BCUT2D eigenvalue weighted by Crippen LogP contribution is 2.35. The zero-order valence-electron chi connectivity index (χ0n) is 12.8. The van der Waals surface area contributed by atoms with Crippen molar-refractivity contribution in [2.45, 2.75) is 26.2 Å². The Morgan fingerprint density at radius 3 is 2.57 bits per heavy atom. The molecule has 1 aliphatic rings. The van der Waals surface area contributed by atoms with Gasteiger partial charge in [-0.05, 0) is 37.2 Å². The number of ketones is 1. The number of rotatable bonds is 6. The highest BCUT2D eigenvalue weighted by atomic mass is 16.5. The van der Waals surface area contributed by atoms with Crippen LogP contribution < -0.4 is 0 Å². The second-order valence-electron chi connectivity index (χ2n) is 5.45. The second-order valence-corrected chi connectivity index (χ2v) is 5.45. The molecule has 1 rings (SSSR count). The van der Waals surface area contributed by atoms with E-state index < -0.39 is 5.97 Å². The van der Waals surface area contributed by atoms with Crippen LogP contribution in [0.25, 0.3) is 0 Å². The molecule has 0 N–H and O–H groups in total. The molecule has 0 aromatic heterocycles. The molecule has 1 aliphatic carbocycles. The largest absolute Gasteiger partial charge is 0.466 e. The Labute approximate surface area is 127 Å². The number of hydrogen-bond donors (Lipinski definition) is 0. The van der Waals surface area contributed by atoms with E-state index in [4.69, 9.17) is 0 Å². The van der Waals surface area contributed by atoms with E-state index in [2.05, 4.69) is 24.3 Å². The molecule has 3 nitrogen and oxygen atoms in total. The SMILES string of the molecule is C=C/C=C/C=C/[C@@H]1C[C@H](C)CC[C@H]1C(=O)/C=C/C(=O)OC. The number of ether oxygens (including phenoxy) is 1. The van der Waals surface area contributed by atoms with Gasteiger partial charge in [0.1, 0.15) is 0 Å². The van der Waals surface area contributed by atoms with Gasteiger partial charge in [0.15, 0.2) is 5.78 Å². The van der Waals surface area contributed by atoms with Crippen LogP contribution >= 0.6 is 0 Å². The Kier molecular flexibility index (Phi) is 7.44. The summed E-state index contributed by atoms with van der Waals surface area (Å²) in [4.78, 5) is 23.3. The quantitative estimate of drug-likeness (QED) is 0.426. The zero-order chi connectivity index (χ0) is 15.7. The van der Waals surface area contributed by atoms with Crippen LogP contribution in [0.15, 0.2) is 49.1 Å². The predicted octanol–water partition coefficient (Wildman–Crippen LogP) is 3.64. The van der Waals surface area contributed by atoms with Crippen molar-refractivity contribution in [3.8, 4) is 0 Å². The molecule has 21 heavy (non-hydrogen) atoms. The van der Waals surface area contributed by atoms with Crippen molar-refractivity contribution in [1.82, 2.24) is 0 Å². The molecular weight excluding hydrogens is 264 g/mol. The van der Waals surface area contributed by atoms with Gasteiger partial charge >= 0.3 is 5.97 Å². The third-order valence-corrected chi connectivity index (χ3v) is 3.83. The summed E-state index contributed by atoms with van der Waals surface area (Å²) in [5, 5.41) is 0. The summed E-state index contributed by atoms with van der Waals surface area (Å²) in [6, 6.07) is 0. The van der Waals surface area contributed by atoms with Crippen LogP contribution in [0, 0.1) is 17.8 Å². The average molecular weight is 288 g/mol. The Morgan fingerprint density at radius 2 is 1.90 bits per heavy atom. The third-order valence-electron chi connectivity index (χ3n) is 3.83. The monoisotopic (exact) mass is 288 g/mol. The lowest BCUT2D eigenvalue weighted by atomic mass is 9.72. The number of allylic oxidation sites excluding steroid dienone is 6. The van der Waals surface area contributed by atoms with Crippen LogP contribution in [0.4, 0.5) is 0 Å². The first-order valence-corrected chi connectivity index (χ1v) is 7.34. The van der Waals surface area contributed by atoms with E-state index >= 15 is 0 Å². The van der Waals surface area contributed by atoms with Gasteiger partial charge < -0.3 is 4.74 Å². The summed E-state index contributed by atoms with van der Waals surface area (Å²) in [7, 11) is 1.30. The minimum Gasteiger partial charge on any atom is -0.466 e. The molecule has 0 radical (unpaired) electrons. The number of esters is 1. The molecular formula is C18H24O3. The Bertz CT molecular complexity index is 457. The summed E-state index contributed by atoms with van der Waals surface area (Å²) in [5.41, 5.74) is 0. The van der Waals surface area contributed by atoms with Crippen LogP contribution in [0.2, 0.25) is 0 Å². The van der Waals surface area contributed by atoms with E-state index in [-0.39, 0.29) is 17.6 Å². The molecule has 0 amide bonds. The molecule has 0 unspecified atom stereocenters. The summed E-state index contributed by atoms with van der Waals surface area (Å²) >= 11 is 0. The molecule has 0 saturated heterocycles. The maximum Gasteiger partial charge on any atom is 0.330 e. The fourth-order valence-corrected chi connectivity index (χ4v) is 2.68. The summed E-state index contributed by atoms with van der Waals surface area (Å²) < 4.78 is 4.51. The Hall–Kier alpha value is -1.90. The van der Waals surface area contributed by atoms with Gasteiger partial charge in [-0.2, -0.15) is 0 Å². The highest BCUT2D eigenvalue weighted by molar-refractivity contribution is 5.97. The molecule has 114 valence electrons. The van der Waals surface area contributed by atoms with Crippen molar-refractivity contribution >= 4 is 11.8 Å². The number of carbonyl (C=O) groups excluding carboxylic acids is 2. The van der Waals surface area contributed by atoms with Crippen LogP contribution in [0.5, 0.6) is 0 Å². The van der Waals surface area contributed by atoms with Crippen molar-refractivity contribution < 1.29 is 14.3 Å². The first-order chi connectivity index (χ1) is 10.1. The van der Waals surface area contributed by atoms with E-state index in [0.29, 0.717) is 5.92 Å². The first kappa shape index (κ1) is 17.2. The number of methoxy groups -OCH3 is 1. The Balaban J connectivity index is 2.75. The predicted molar refractivity (Wildman–Crippen MR) is 84.6 cm³/mol. The lowest BCUT2D eigenvalue weighted by Gasteiger charge is -2.31. The molecule has 0 aliphatic heterocycles. The van der Waals surface area contributed by atoms with Gasteiger partial charge in [-0.3, -0.25) is 4.79 Å². The zero-order valence-corrected chi connectivity index (χ0v) is 12.8. The van der Waals surface area contributed by atoms with E-state index in [1.54, 1.807) is 6.08 Å². The molecule has 0 bridgehead atoms. The fourth-order valence-electron chi connectivity index (χ4n) is 2.68. The van der Waals surface area contributed by atoms with Gasteiger partial charge in [0.05, 0.1) is 7.11 Å². The molecule has 3 heteroatoms. The van der Waals surface area contributed by atoms with E-state index in [1.807, 2.05) is 18.2 Å². The first-order valence-electron chi connectivity index (χ1n) is 7.34.